The quantitative estimate of drug-likeness (QED) is 0.0920. The molecule has 2 unspecified atom stereocenters. The van der Waals surface area contributed by atoms with Gasteiger partial charge in [0.05, 0.1) is 22.8 Å². The van der Waals surface area contributed by atoms with Crippen LogP contribution in [0.1, 0.15) is 74.6 Å². The minimum atomic E-state index is -4.61. The molecular formula is C35H45NO13S3. The molecule has 17 heteroatoms. The molecule has 0 saturated heterocycles. The monoisotopic (exact) mass is 783 g/mol. The van der Waals surface area contributed by atoms with Crippen molar-refractivity contribution in [2.45, 2.75) is 81.4 Å². The van der Waals surface area contributed by atoms with Gasteiger partial charge in [-0.1, -0.05) is 43.9 Å². The molecule has 2 atom stereocenters. The number of anilines is 1. The number of hydrogen-bond acceptors (Lipinski definition) is 9. The minimum absolute atomic E-state index is 0.0172. The molecule has 52 heavy (non-hydrogen) atoms. The van der Waals surface area contributed by atoms with Crippen LogP contribution in [0.25, 0.3) is 0 Å². The highest BCUT2D eigenvalue weighted by molar-refractivity contribution is 7.86. The smallest absolute Gasteiger partial charge is 0.307 e. The molecule has 1 heterocycles. The topological polar surface area (TPSA) is 241 Å². The Balaban J connectivity index is 2.18. The predicted octanol–water partition coefficient (Wildman–Crippen LogP) is 5.10. The van der Waals surface area contributed by atoms with E-state index in [0.717, 1.165) is 0 Å². The fourth-order valence-corrected chi connectivity index (χ4v) is 8.27. The van der Waals surface area contributed by atoms with Crippen molar-refractivity contribution in [2.24, 2.45) is 0 Å². The molecule has 3 rings (SSSR count). The van der Waals surface area contributed by atoms with Crippen molar-refractivity contribution in [2.75, 3.05) is 23.0 Å². The van der Waals surface area contributed by atoms with E-state index >= 15 is 0 Å². The van der Waals surface area contributed by atoms with E-state index in [2.05, 4.69) is 6.58 Å². The number of carboxylic acids is 2. The standard InChI is InChI=1S/C35H45NO13S3/c1-24-12-14-27(52(47,48)49)23-28(24)34(3,17-7-19-50(41,42)43)25(2)9-5-10-31-35(4,16-6-11-32(37)38)29-21-26(22-33(39)40)13-15-30(29)36(31)18-8-20-51(44,45)46/h5,9-10,12-15,21,23H,2,6-8,11,16-20,22H2,1,3-4H3,(H,37,38)(H,39,40)(H,41,42,43)(H,44,45,46)(H,47,48,49)/b9-5+,31-10+. The van der Waals surface area contributed by atoms with E-state index in [1.807, 2.05) is 11.8 Å². The second-order valence-electron chi connectivity index (χ2n) is 13.4. The van der Waals surface area contributed by atoms with Gasteiger partial charge in [0.15, 0.2) is 0 Å². The molecule has 5 N–H and O–H groups in total. The zero-order chi connectivity index (χ0) is 39.3. The lowest BCUT2D eigenvalue weighted by Gasteiger charge is -2.33. The van der Waals surface area contributed by atoms with E-state index in [9.17, 15) is 58.7 Å². The maximum Gasteiger partial charge on any atom is 0.307 e. The first-order valence-corrected chi connectivity index (χ1v) is 20.9. The van der Waals surface area contributed by atoms with Gasteiger partial charge in [0.1, 0.15) is 0 Å². The van der Waals surface area contributed by atoms with Gasteiger partial charge in [-0.25, -0.2) is 0 Å². The third-order valence-corrected chi connectivity index (χ3v) is 11.9. The molecule has 0 fully saturated rings. The summed E-state index contributed by atoms with van der Waals surface area (Å²) in [7, 11) is -13.2. The van der Waals surface area contributed by atoms with Gasteiger partial charge in [-0.05, 0) is 98.1 Å². The van der Waals surface area contributed by atoms with Crippen LogP contribution in [-0.2, 0) is 57.2 Å². The van der Waals surface area contributed by atoms with E-state index in [0.29, 0.717) is 45.6 Å². The number of nitrogens with zero attached hydrogens (tertiary/aromatic N) is 1. The fraction of sp³-hybridized carbons (Fsp3) is 0.429. The number of hydrogen-bond donors (Lipinski definition) is 5. The second-order valence-corrected chi connectivity index (χ2v) is 18.0. The van der Waals surface area contributed by atoms with Crippen LogP contribution in [0.2, 0.25) is 0 Å². The number of rotatable bonds is 19. The first-order chi connectivity index (χ1) is 23.9. The summed E-state index contributed by atoms with van der Waals surface area (Å²) >= 11 is 0. The lowest BCUT2D eigenvalue weighted by molar-refractivity contribution is -0.137. The molecule has 1 aliphatic heterocycles. The zero-order valence-electron chi connectivity index (χ0n) is 29.1. The van der Waals surface area contributed by atoms with Crippen LogP contribution >= 0.6 is 0 Å². The minimum Gasteiger partial charge on any atom is -0.481 e. The van der Waals surface area contributed by atoms with E-state index in [1.54, 1.807) is 50.3 Å². The Morgan fingerprint density at radius 1 is 0.904 bits per heavy atom. The maximum absolute atomic E-state index is 12.0. The average molecular weight is 784 g/mol. The molecule has 2 aromatic carbocycles. The van der Waals surface area contributed by atoms with Crippen LogP contribution in [0.4, 0.5) is 5.69 Å². The lowest BCUT2D eigenvalue weighted by Crippen LogP contribution is -2.30. The van der Waals surface area contributed by atoms with E-state index in [-0.39, 0.29) is 50.0 Å². The molecule has 0 spiro atoms. The van der Waals surface area contributed by atoms with Gasteiger partial charge in [-0.2, -0.15) is 25.3 Å². The summed E-state index contributed by atoms with van der Waals surface area (Å²) in [4.78, 5) is 24.5. The van der Waals surface area contributed by atoms with Gasteiger partial charge in [-0.15, -0.1) is 0 Å². The SMILES string of the molecule is C=C(/C=C/C=C1/N(CCCS(=O)(=O)O)c2ccc(CC(=O)O)cc2C1(C)CCCC(=O)O)C(C)(CCCS(=O)(=O)O)c1cc(S(=O)(=O)O)ccc1C. The predicted molar refractivity (Wildman–Crippen MR) is 195 cm³/mol. The number of allylic oxidation sites excluding steroid dienone is 5. The van der Waals surface area contributed by atoms with E-state index < -0.39 is 64.6 Å². The number of benzene rings is 2. The third kappa shape index (κ3) is 11.1. The van der Waals surface area contributed by atoms with Crippen molar-refractivity contribution in [3.63, 3.8) is 0 Å². The number of carboxylic acid groups (broad SMARTS) is 2. The van der Waals surface area contributed by atoms with Crippen molar-refractivity contribution in [1.29, 1.82) is 0 Å². The van der Waals surface area contributed by atoms with Crippen molar-refractivity contribution < 1.29 is 58.7 Å². The molecule has 286 valence electrons. The largest absolute Gasteiger partial charge is 0.481 e. The summed E-state index contributed by atoms with van der Waals surface area (Å²) in [6.07, 6.45) is 5.23. The maximum atomic E-state index is 12.0. The molecule has 0 amide bonds. The molecule has 0 aromatic heterocycles. The summed E-state index contributed by atoms with van der Waals surface area (Å²) in [6.45, 7) is 9.66. The molecule has 0 radical (unpaired) electrons. The summed E-state index contributed by atoms with van der Waals surface area (Å²) in [5.74, 6) is -3.16. The normalized spacial score (nSPS) is 18.4. The molecule has 1 aliphatic rings. The Bertz CT molecular complexity index is 2110. The summed E-state index contributed by atoms with van der Waals surface area (Å²) < 4.78 is 99.0. The van der Waals surface area contributed by atoms with Crippen molar-refractivity contribution in [3.8, 4) is 0 Å². The van der Waals surface area contributed by atoms with Crippen molar-refractivity contribution in [1.82, 2.24) is 0 Å². The zero-order valence-corrected chi connectivity index (χ0v) is 31.6. The molecule has 14 nitrogen and oxygen atoms in total. The summed E-state index contributed by atoms with van der Waals surface area (Å²) in [5, 5.41) is 18.9. The summed E-state index contributed by atoms with van der Waals surface area (Å²) in [5.41, 5.74) is 1.93. The Kier molecular flexibility index (Phi) is 13.4. The number of aliphatic carboxylic acids is 2. The Morgan fingerprint density at radius 3 is 2.12 bits per heavy atom. The first kappa shape index (κ1) is 42.5. The Hall–Kier alpha value is -3.87. The highest BCUT2D eigenvalue weighted by atomic mass is 32.2. The average Bonchev–Trinajstić information content (AvgIpc) is 3.21. The third-order valence-electron chi connectivity index (χ3n) is 9.45. The first-order valence-electron chi connectivity index (χ1n) is 16.3. The number of aryl methyl sites for hydroxylation is 1. The van der Waals surface area contributed by atoms with Crippen LogP contribution in [0.5, 0.6) is 0 Å². The Labute approximate surface area is 304 Å². The molecule has 0 bridgehead atoms. The van der Waals surface area contributed by atoms with E-state index in [1.165, 1.54) is 18.2 Å². The van der Waals surface area contributed by atoms with Gasteiger partial charge in [0.2, 0.25) is 0 Å². The lowest BCUT2D eigenvalue weighted by atomic mass is 9.71. The van der Waals surface area contributed by atoms with Gasteiger partial charge in [0.25, 0.3) is 30.4 Å². The number of fused-ring (bicyclic) bond motifs is 1. The van der Waals surface area contributed by atoms with Gasteiger partial charge < -0.3 is 15.1 Å². The molecule has 0 saturated carbocycles. The van der Waals surface area contributed by atoms with Crippen LogP contribution in [0.3, 0.4) is 0 Å². The van der Waals surface area contributed by atoms with Crippen LogP contribution < -0.4 is 4.90 Å². The van der Waals surface area contributed by atoms with Crippen LogP contribution in [-0.4, -0.2) is 79.1 Å². The molecule has 0 aliphatic carbocycles. The highest BCUT2D eigenvalue weighted by Gasteiger charge is 2.43. The van der Waals surface area contributed by atoms with Gasteiger partial charge >= 0.3 is 11.9 Å². The van der Waals surface area contributed by atoms with Crippen LogP contribution in [0, 0.1) is 6.92 Å². The Morgan fingerprint density at radius 2 is 1.54 bits per heavy atom. The number of carbonyl (C=O) groups is 2. The van der Waals surface area contributed by atoms with Gasteiger partial charge in [-0.3, -0.25) is 23.2 Å². The van der Waals surface area contributed by atoms with E-state index in [4.69, 9.17) is 0 Å². The van der Waals surface area contributed by atoms with Crippen LogP contribution in [0.15, 0.2) is 77.4 Å². The second kappa shape index (κ2) is 16.4. The van der Waals surface area contributed by atoms with Gasteiger partial charge in [0, 0.05) is 35.2 Å². The molecule has 2 aromatic rings. The highest BCUT2D eigenvalue weighted by Crippen LogP contribution is 2.51. The van der Waals surface area contributed by atoms with Crippen molar-refractivity contribution in [3.05, 3.63) is 94.7 Å². The van der Waals surface area contributed by atoms with Crippen molar-refractivity contribution >= 4 is 48.0 Å². The summed E-state index contributed by atoms with van der Waals surface area (Å²) in [6, 6.07) is 9.12. The molecular weight excluding hydrogens is 739 g/mol. The fourth-order valence-electron chi connectivity index (χ4n) is 6.76.